The number of hydrogen-bond acceptors (Lipinski definition) is 1. The van der Waals surface area contributed by atoms with Crippen LogP contribution < -0.4 is 0 Å². The van der Waals surface area contributed by atoms with E-state index < -0.39 is 0 Å². The maximum absolute atomic E-state index is 13.6. The Morgan fingerprint density at radius 3 is 2.46 bits per heavy atom. The summed E-state index contributed by atoms with van der Waals surface area (Å²) in [6.45, 7) is 5.73. The van der Waals surface area contributed by atoms with E-state index in [9.17, 15) is 4.39 Å². The number of benzene rings is 1. The van der Waals surface area contributed by atoms with Crippen LogP contribution in [0, 0.1) is 5.82 Å². The van der Waals surface area contributed by atoms with Gasteiger partial charge in [-0.1, -0.05) is 45.1 Å². The van der Waals surface area contributed by atoms with Gasteiger partial charge in [0.15, 0.2) is 0 Å². The summed E-state index contributed by atoms with van der Waals surface area (Å²) in [4.78, 5) is 0. The van der Waals surface area contributed by atoms with Gasteiger partial charge in [-0.2, -0.15) is 0 Å². The summed E-state index contributed by atoms with van der Waals surface area (Å²) in [5.74, 6) is -0.287. The highest BCUT2D eigenvalue weighted by atomic mass is 32.1. The molecule has 2 heteroatoms. The van der Waals surface area contributed by atoms with Crippen molar-refractivity contribution in [3.8, 4) is 0 Å². The molecule has 0 bridgehead atoms. The highest BCUT2D eigenvalue weighted by molar-refractivity contribution is 7.79. The van der Waals surface area contributed by atoms with Crippen molar-refractivity contribution >= 4 is 17.6 Å². The maximum Gasteiger partial charge on any atom is 0.127 e. The molecule has 0 saturated carbocycles. The topological polar surface area (TPSA) is 0 Å². The lowest BCUT2D eigenvalue weighted by molar-refractivity contribution is 0.522. The fraction of sp³-hybridized carbons (Fsp3) is 0.364. The second-order valence-corrected chi connectivity index (χ2v) is 4.22. The van der Waals surface area contributed by atoms with Crippen LogP contribution in [-0.4, -0.2) is 5.34 Å². The molecule has 0 aromatic heterocycles. The van der Waals surface area contributed by atoms with E-state index >= 15 is 0 Å². The van der Waals surface area contributed by atoms with Crippen molar-refractivity contribution in [1.29, 1.82) is 0 Å². The van der Waals surface area contributed by atoms with Crippen molar-refractivity contribution in [3.63, 3.8) is 0 Å². The average Bonchev–Trinajstić information content (AvgIpc) is 2.01. The fourth-order valence-electron chi connectivity index (χ4n) is 1.37. The third kappa shape index (κ3) is 2.13. The van der Waals surface area contributed by atoms with E-state index in [-0.39, 0.29) is 16.6 Å². The van der Waals surface area contributed by atoms with Crippen molar-refractivity contribution in [2.75, 3.05) is 0 Å². The zero-order valence-electron chi connectivity index (χ0n) is 9.02. The molecule has 0 fully saturated rings. The molecule has 0 aliphatic carbocycles. The number of rotatable bonds is 1. The van der Waals surface area contributed by atoms with Crippen molar-refractivity contribution in [3.05, 3.63) is 35.1 Å². The Labute approximate surface area is 85.2 Å². The van der Waals surface area contributed by atoms with Crippen molar-refractivity contribution < 1.29 is 5.76 Å². The molecule has 0 atom stereocenters. The summed E-state index contributed by atoms with van der Waals surface area (Å²) in [7, 11) is 0. The fourth-order valence-corrected chi connectivity index (χ4v) is 1.54. The predicted octanol–water partition coefficient (Wildman–Crippen LogP) is 3.47. The normalized spacial score (nSPS) is 12.5. The Hall–Kier alpha value is -0.760. The van der Waals surface area contributed by atoms with Gasteiger partial charge >= 0.3 is 0 Å². The number of thiocarbonyl (C=S) groups is 1. The minimum Gasteiger partial charge on any atom is -0.207 e. The van der Waals surface area contributed by atoms with Gasteiger partial charge in [-0.25, -0.2) is 4.39 Å². The van der Waals surface area contributed by atoms with Crippen LogP contribution >= 0.6 is 12.2 Å². The molecule has 13 heavy (non-hydrogen) atoms. The molecule has 0 heterocycles. The van der Waals surface area contributed by atoms with Crippen LogP contribution in [0.3, 0.4) is 0 Å². The van der Waals surface area contributed by atoms with Gasteiger partial charge in [0.25, 0.3) is 0 Å². The molecular weight excluding hydrogens is 183 g/mol. The first-order valence-corrected chi connectivity index (χ1v) is 4.55. The van der Waals surface area contributed by atoms with Gasteiger partial charge in [0.1, 0.15) is 5.82 Å². The molecule has 0 aliphatic rings. The van der Waals surface area contributed by atoms with Gasteiger partial charge < -0.3 is 0 Å². The summed E-state index contributed by atoms with van der Waals surface area (Å²) in [5, 5.41) is -0.00516. The SMILES string of the molecule is [2H]C(=S)c1cccc(F)c1C(C)(C)C. The van der Waals surface area contributed by atoms with Crippen LogP contribution in [0.5, 0.6) is 0 Å². The van der Waals surface area contributed by atoms with Gasteiger partial charge in [0, 0.05) is 10.9 Å². The first-order chi connectivity index (χ1) is 6.34. The zero-order chi connectivity index (χ0) is 10.9. The van der Waals surface area contributed by atoms with Crippen molar-refractivity contribution in [2.24, 2.45) is 0 Å². The monoisotopic (exact) mass is 197 g/mol. The number of halogens is 1. The first-order valence-electron chi connectivity index (χ1n) is 4.64. The molecule has 0 spiro atoms. The van der Waals surface area contributed by atoms with Crippen LogP contribution in [0.1, 0.15) is 33.3 Å². The quantitative estimate of drug-likeness (QED) is 0.621. The second-order valence-electron chi connectivity index (χ2n) is 4.01. The maximum atomic E-state index is 13.6. The summed E-state index contributed by atoms with van der Waals surface area (Å²) in [5.41, 5.74) is 0.721. The third-order valence-electron chi connectivity index (χ3n) is 1.87. The summed E-state index contributed by atoms with van der Waals surface area (Å²) in [6.07, 6.45) is 0. The lowest BCUT2D eigenvalue weighted by atomic mass is 9.84. The van der Waals surface area contributed by atoms with Crippen molar-refractivity contribution in [2.45, 2.75) is 26.2 Å². The Morgan fingerprint density at radius 1 is 1.46 bits per heavy atom. The molecule has 0 radical (unpaired) electrons. The third-order valence-corrected chi connectivity index (χ3v) is 2.09. The summed E-state index contributed by atoms with van der Waals surface area (Å²) < 4.78 is 21.0. The molecule has 0 saturated heterocycles. The van der Waals surface area contributed by atoms with Gasteiger partial charge in [0.2, 0.25) is 0 Å². The predicted molar refractivity (Wildman–Crippen MR) is 57.9 cm³/mol. The standard InChI is InChI=1S/C11H13FS/c1-11(2,3)10-8(7-13)5-4-6-9(10)12/h4-7H,1-3H3/i7D. The zero-order valence-corrected chi connectivity index (χ0v) is 8.83. The van der Waals surface area contributed by atoms with E-state index in [1.54, 1.807) is 12.1 Å². The minimum absolute atomic E-state index is 0.00516. The van der Waals surface area contributed by atoms with Crippen LogP contribution in [0.2, 0.25) is 0 Å². The summed E-state index contributed by atoms with van der Waals surface area (Å²) >= 11 is 4.78. The van der Waals surface area contributed by atoms with Crippen LogP contribution in [0.15, 0.2) is 18.2 Å². The van der Waals surface area contributed by atoms with Crippen LogP contribution in [0.25, 0.3) is 0 Å². The highest BCUT2D eigenvalue weighted by Crippen LogP contribution is 2.27. The Bertz CT molecular complexity index is 366. The van der Waals surface area contributed by atoms with E-state index in [2.05, 4.69) is 0 Å². The van der Waals surface area contributed by atoms with E-state index in [4.69, 9.17) is 13.6 Å². The van der Waals surface area contributed by atoms with Gasteiger partial charge in [-0.3, -0.25) is 0 Å². The molecule has 1 aromatic carbocycles. The van der Waals surface area contributed by atoms with Gasteiger partial charge in [0.05, 0.1) is 1.37 Å². The van der Waals surface area contributed by atoms with Crippen LogP contribution in [0.4, 0.5) is 4.39 Å². The minimum atomic E-state index is -0.328. The van der Waals surface area contributed by atoms with Crippen molar-refractivity contribution in [1.82, 2.24) is 0 Å². The Balaban J connectivity index is 3.45. The van der Waals surface area contributed by atoms with Gasteiger partial charge in [-0.05, 0) is 17.0 Å². The largest absolute Gasteiger partial charge is 0.207 e. The van der Waals surface area contributed by atoms with E-state index in [0.29, 0.717) is 11.1 Å². The van der Waals surface area contributed by atoms with E-state index in [0.717, 1.165) is 0 Å². The molecule has 0 amide bonds. The second kappa shape index (κ2) is 3.54. The molecular formula is C11H13FS. The van der Waals surface area contributed by atoms with E-state index in [1.165, 1.54) is 6.07 Å². The molecule has 0 nitrogen and oxygen atoms in total. The van der Waals surface area contributed by atoms with Crippen LogP contribution in [-0.2, 0) is 5.41 Å². The molecule has 70 valence electrons. The molecule has 0 unspecified atom stereocenters. The Kier molecular flexibility index (Phi) is 2.40. The van der Waals surface area contributed by atoms with E-state index in [1.807, 2.05) is 20.8 Å². The van der Waals surface area contributed by atoms with Gasteiger partial charge in [-0.15, -0.1) is 0 Å². The molecule has 0 N–H and O–H groups in total. The molecule has 0 aliphatic heterocycles. The summed E-state index contributed by atoms with van der Waals surface area (Å²) in [6, 6.07) is 4.68. The average molecular weight is 197 g/mol. The molecule has 1 rings (SSSR count). The highest BCUT2D eigenvalue weighted by Gasteiger charge is 2.20. The Morgan fingerprint density at radius 2 is 2.08 bits per heavy atom. The lowest BCUT2D eigenvalue weighted by Crippen LogP contribution is -2.16. The smallest absolute Gasteiger partial charge is 0.127 e. The molecule has 1 aromatic rings. The lowest BCUT2D eigenvalue weighted by Gasteiger charge is -2.21. The number of hydrogen-bond donors (Lipinski definition) is 0. The first kappa shape index (κ1) is 8.82.